The molecular weight excluding hydrogens is 307 g/mol. The molecule has 0 radical (unpaired) electrons. The molecule has 2 rings (SSSR count). The van der Waals surface area contributed by atoms with Gasteiger partial charge < -0.3 is 4.74 Å². The quantitative estimate of drug-likeness (QED) is 0.484. The number of thiophene rings is 1. The Labute approximate surface area is 123 Å². The van der Waals surface area contributed by atoms with Gasteiger partial charge in [0.05, 0.1) is 9.90 Å². The molecule has 2 aromatic rings. The van der Waals surface area contributed by atoms with Gasteiger partial charge in [0.2, 0.25) is 5.78 Å². The van der Waals surface area contributed by atoms with Gasteiger partial charge >= 0.3 is 5.97 Å². The Morgan fingerprint density at radius 1 is 1.16 bits per heavy atom. The highest BCUT2D eigenvalue weighted by Crippen LogP contribution is 2.36. The number of benzene rings is 1. The number of hydrogen-bond acceptors (Lipinski definition) is 4. The van der Waals surface area contributed by atoms with E-state index in [1.54, 1.807) is 17.5 Å². The van der Waals surface area contributed by atoms with E-state index in [-0.39, 0.29) is 27.1 Å². The third kappa shape index (κ3) is 2.97. The second kappa shape index (κ2) is 5.74. The fourth-order valence-corrected chi connectivity index (χ4v) is 2.60. The van der Waals surface area contributed by atoms with Crippen LogP contribution in [0.15, 0.2) is 29.6 Å². The molecule has 0 aliphatic heterocycles. The van der Waals surface area contributed by atoms with Gasteiger partial charge in [-0.1, -0.05) is 29.3 Å². The molecule has 0 bridgehead atoms. The van der Waals surface area contributed by atoms with Crippen molar-refractivity contribution in [3.63, 3.8) is 0 Å². The predicted molar refractivity (Wildman–Crippen MR) is 75.5 cm³/mol. The Balaban J connectivity index is 2.41. The summed E-state index contributed by atoms with van der Waals surface area (Å²) in [7, 11) is 0. The van der Waals surface area contributed by atoms with Crippen LogP contribution in [0.2, 0.25) is 10.0 Å². The topological polar surface area (TPSA) is 43.4 Å². The third-order valence-corrected chi connectivity index (χ3v) is 4.02. The van der Waals surface area contributed by atoms with E-state index < -0.39 is 5.97 Å². The van der Waals surface area contributed by atoms with Crippen molar-refractivity contribution >= 4 is 46.3 Å². The Kier molecular flexibility index (Phi) is 4.24. The van der Waals surface area contributed by atoms with E-state index in [1.165, 1.54) is 30.4 Å². The summed E-state index contributed by atoms with van der Waals surface area (Å²) in [6.07, 6.45) is 0. The predicted octanol–water partition coefficient (Wildman–Crippen LogP) is 4.21. The van der Waals surface area contributed by atoms with Crippen LogP contribution in [0.3, 0.4) is 0 Å². The van der Waals surface area contributed by atoms with E-state index in [9.17, 15) is 9.59 Å². The largest absolute Gasteiger partial charge is 0.425 e. The van der Waals surface area contributed by atoms with Gasteiger partial charge in [0, 0.05) is 12.5 Å². The lowest BCUT2D eigenvalue weighted by molar-refractivity contribution is -0.131. The van der Waals surface area contributed by atoms with Crippen molar-refractivity contribution in [2.45, 2.75) is 6.92 Å². The summed E-state index contributed by atoms with van der Waals surface area (Å²) in [6, 6.07) is 6.43. The monoisotopic (exact) mass is 314 g/mol. The highest BCUT2D eigenvalue weighted by molar-refractivity contribution is 7.12. The average Bonchev–Trinajstić information content (AvgIpc) is 2.88. The van der Waals surface area contributed by atoms with Crippen molar-refractivity contribution in [2.24, 2.45) is 0 Å². The first-order valence-corrected chi connectivity index (χ1v) is 6.89. The lowest BCUT2D eigenvalue weighted by Gasteiger charge is -2.08. The van der Waals surface area contributed by atoms with Crippen LogP contribution in [-0.4, -0.2) is 11.8 Å². The van der Waals surface area contributed by atoms with Crippen molar-refractivity contribution in [3.05, 3.63) is 50.1 Å². The standard InChI is InChI=1S/C13H8Cl2O3S/c1-7(16)18-9-5-4-8(11(14)12(9)15)13(17)10-3-2-6-19-10/h2-6H,1H3. The number of hydrogen-bond donors (Lipinski definition) is 0. The number of halogens is 2. The smallest absolute Gasteiger partial charge is 0.308 e. The molecule has 98 valence electrons. The second-order valence-electron chi connectivity index (χ2n) is 3.64. The number of ether oxygens (including phenoxy) is 1. The first-order valence-electron chi connectivity index (χ1n) is 5.25. The van der Waals surface area contributed by atoms with Gasteiger partial charge in [0.25, 0.3) is 0 Å². The van der Waals surface area contributed by atoms with Gasteiger partial charge in [-0.15, -0.1) is 11.3 Å². The van der Waals surface area contributed by atoms with Crippen LogP contribution in [0.5, 0.6) is 5.75 Å². The summed E-state index contributed by atoms with van der Waals surface area (Å²) in [5, 5.41) is 1.94. The normalized spacial score (nSPS) is 10.3. The van der Waals surface area contributed by atoms with Crippen LogP contribution in [0.1, 0.15) is 22.2 Å². The molecule has 0 aliphatic carbocycles. The number of ketones is 1. The van der Waals surface area contributed by atoms with Crippen LogP contribution in [-0.2, 0) is 4.79 Å². The number of esters is 1. The van der Waals surface area contributed by atoms with E-state index >= 15 is 0 Å². The third-order valence-electron chi connectivity index (χ3n) is 2.29. The van der Waals surface area contributed by atoms with Crippen LogP contribution in [0.4, 0.5) is 0 Å². The van der Waals surface area contributed by atoms with E-state index in [4.69, 9.17) is 27.9 Å². The molecule has 6 heteroatoms. The zero-order chi connectivity index (χ0) is 14.0. The Morgan fingerprint density at radius 3 is 2.47 bits per heavy atom. The lowest BCUT2D eigenvalue weighted by Crippen LogP contribution is -2.04. The van der Waals surface area contributed by atoms with E-state index in [1.807, 2.05) is 0 Å². The minimum Gasteiger partial charge on any atom is -0.425 e. The average molecular weight is 315 g/mol. The van der Waals surface area contributed by atoms with Crippen LogP contribution in [0, 0.1) is 0 Å². The molecule has 0 aliphatic rings. The molecule has 0 spiro atoms. The molecule has 0 atom stereocenters. The molecule has 1 heterocycles. The summed E-state index contributed by atoms with van der Waals surface area (Å²) in [6.45, 7) is 1.26. The molecule has 0 saturated heterocycles. The number of carbonyl (C=O) groups is 2. The Morgan fingerprint density at radius 2 is 1.89 bits per heavy atom. The van der Waals surface area contributed by atoms with Gasteiger partial charge in [-0.2, -0.15) is 0 Å². The maximum Gasteiger partial charge on any atom is 0.308 e. The highest BCUT2D eigenvalue weighted by atomic mass is 35.5. The molecule has 0 N–H and O–H groups in total. The molecule has 0 fully saturated rings. The van der Waals surface area contributed by atoms with Crippen molar-refractivity contribution in [1.29, 1.82) is 0 Å². The van der Waals surface area contributed by atoms with Gasteiger partial charge in [-0.3, -0.25) is 9.59 Å². The van der Waals surface area contributed by atoms with Crippen LogP contribution >= 0.6 is 34.5 Å². The van der Waals surface area contributed by atoms with E-state index in [0.29, 0.717) is 4.88 Å². The summed E-state index contributed by atoms with van der Waals surface area (Å²) in [4.78, 5) is 23.6. The first-order chi connectivity index (χ1) is 9.00. The lowest BCUT2D eigenvalue weighted by atomic mass is 10.1. The minimum absolute atomic E-state index is 0.0549. The zero-order valence-corrected chi connectivity index (χ0v) is 12.1. The maximum atomic E-state index is 12.2. The molecular formula is C13H8Cl2O3S. The Hall–Kier alpha value is -1.36. The number of carbonyl (C=O) groups excluding carboxylic acids is 2. The molecule has 1 aromatic carbocycles. The molecule has 0 amide bonds. The maximum absolute atomic E-state index is 12.2. The van der Waals surface area contributed by atoms with Crippen molar-refractivity contribution in [3.8, 4) is 5.75 Å². The Bertz CT molecular complexity index is 636. The molecule has 3 nitrogen and oxygen atoms in total. The van der Waals surface area contributed by atoms with Crippen molar-refractivity contribution < 1.29 is 14.3 Å². The minimum atomic E-state index is -0.504. The second-order valence-corrected chi connectivity index (χ2v) is 5.34. The molecule has 1 aromatic heterocycles. The zero-order valence-electron chi connectivity index (χ0n) is 9.78. The first kappa shape index (κ1) is 14.1. The fourth-order valence-electron chi connectivity index (χ4n) is 1.48. The fraction of sp³-hybridized carbons (Fsp3) is 0.0769. The van der Waals surface area contributed by atoms with Crippen molar-refractivity contribution in [2.75, 3.05) is 0 Å². The van der Waals surface area contributed by atoms with Gasteiger partial charge in [0.1, 0.15) is 5.02 Å². The van der Waals surface area contributed by atoms with Gasteiger partial charge in [-0.05, 0) is 23.6 Å². The van der Waals surface area contributed by atoms with Crippen molar-refractivity contribution in [1.82, 2.24) is 0 Å². The summed E-state index contributed by atoms with van der Waals surface area (Å²) < 4.78 is 4.89. The SMILES string of the molecule is CC(=O)Oc1ccc(C(=O)c2cccs2)c(Cl)c1Cl. The number of rotatable bonds is 3. The summed E-state index contributed by atoms with van der Waals surface area (Å²) >= 11 is 13.4. The van der Waals surface area contributed by atoms with Gasteiger partial charge in [-0.25, -0.2) is 0 Å². The van der Waals surface area contributed by atoms with Gasteiger partial charge in [0.15, 0.2) is 5.75 Å². The highest BCUT2D eigenvalue weighted by Gasteiger charge is 2.19. The van der Waals surface area contributed by atoms with E-state index in [0.717, 1.165) is 0 Å². The molecule has 0 unspecified atom stereocenters. The molecule has 0 saturated carbocycles. The van der Waals surface area contributed by atoms with Crippen LogP contribution in [0.25, 0.3) is 0 Å². The van der Waals surface area contributed by atoms with E-state index in [2.05, 4.69) is 0 Å². The summed E-state index contributed by atoms with van der Waals surface area (Å²) in [5.74, 6) is -0.575. The van der Waals surface area contributed by atoms with Crippen LogP contribution < -0.4 is 4.74 Å². The molecule has 19 heavy (non-hydrogen) atoms. The summed E-state index contributed by atoms with van der Waals surface area (Å²) in [5.41, 5.74) is 0.282.